The Hall–Kier alpha value is -2.78. The van der Waals surface area contributed by atoms with Gasteiger partial charge < -0.3 is 36.9 Å². The van der Waals surface area contributed by atoms with E-state index < -0.39 is 0 Å². The average Bonchev–Trinajstić information content (AvgIpc) is 3.39. The molecule has 0 atom stereocenters. The van der Waals surface area contributed by atoms with Crippen molar-refractivity contribution in [2.24, 2.45) is 0 Å². The van der Waals surface area contributed by atoms with Gasteiger partial charge >= 0.3 is 0 Å². The van der Waals surface area contributed by atoms with E-state index in [1.807, 2.05) is 0 Å². The summed E-state index contributed by atoms with van der Waals surface area (Å²) in [6.07, 6.45) is 45.2. The van der Waals surface area contributed by atoms with Crippen LogP contribution in [0.2, 0.25) is 0 Å². The number of quaternary nitrogens is 4. The summed E-state index contributed by atoms with van der Waals surface area (Å²) in [5, 5.41) is 0. The van der Waals surface area contributed by atoms with Gasteiger partial charge in [0.15, 0.2) is 0 Å². The fourth-order valence-electron chi connectivity index (χ4n) is 11.0. The molecule has 0 aromatic heterocycles. The van der Waals surface area contributed by atoms with Crippen molar-refractivity contribution >= 4 is 12.2 Å². The molecule has 0 fully saturated rings. The van der Waals surface area contributed by atoms with E-state index in [4.69, 9.17) is 18.9 Å². The highest BCUT2D eigenvalue weighted by Gasteiger charge is 2.17. The summed E-state index contributed by atoms with van der Waals surface area (Å²) in [6, 6.07) is 12.9. The third kappa shape index (κ3) is 39.6. The fourth-order valence-corrected chi connectivity index (χ4v) is 11.0. The van der Waals surface area contributed by atoms with Gasteiger partial charge in [0.05, 0.1) is 135 Å². The molecule has 2 aromatic rings. The van der Waals surface area contributed by atoms with Crippen molar-refractivity contribution in [3.8, 4) is 23.0 Å². The van der Waals surface area contributed by atoms with Crippen LogP contribution in [0, 0.1) is 0 Å². The maximum Gasteiger partial charge on any atom is 0.123 e. The fraction of sp³-hybridized carbons (Fsp3) is 0.800. The molecule has 0 spiro atoms. The molecule has 0 bridgehead atoms. The van der Waals surface area contributed by atoms with E-state index in [9.17, 15) is 0 Å². The maximum absolute atomic E-state index is 6.51. The van der Waals surface area contributed by atoms with Crippen LogP contribution >= 0.6 is 0 Å². The monoisotopic (exact) mass is 1090 g/mol. The van der Waals surface area contributed by atoms with Gasteiger partial charge in [-0.25, -0.2) is 0 Å². The lowest BCUT2D eigenvalue weighted by Crippen LogP contribution is -2.41. The summed E-state index contributed by atoms with van der Waals surface area (Å²) >= 11 is 0. The number of rotatable bonds is 54. The van der Waals surface area contributed by atoms with E-state index in [2.05, 4.69) is 133 Å². The number of ether oxygens (including phenoxy) is 4. The molecule has 0 amide bonds. The zero-order valence-electron chi connectivity index (χ0n) is 54.2. The van der Waals surface area contributed by atoms with E-state index >= 15 is 0 Å². The van der Waals surface area contributed by atoms with Crippen molar-refractivity contribution in [3.63, 3.8) is 0 Å². The zero-order chi connectivity index (χ0) is 57.1. The standard InChI is InChI=1S/C70H132N4O4/c1-13-17-21-33-47-71(5,6)51-37-25-29-41-55-75-67-59-65(60-68(63-67)76-56-42-30-26-38-52-72(7,8)48-34-22-18-14-2)45-46-66-61-69(77-57-43-31-27-39-53-73(9,10)49-35-23-19-15-3)64-70(62-66)78-58-44-32-28-40-54-74(11,12)50-36-24-20-16-4/h45-46,59-64H,13-44,47-58H2,1-12H3/q+4/b46-45+. The first-order valence-electron chi connectivity index (χ1n) is 33.3. The summed E-state index contributed by atoms with van der Waals surface area (Å²) in [5.41, 5.74) is 2.17. The number of hydrogen-bond donors (Lipinski definition) is 0. The normalized spacial score (nSPS) is 12.5. The largest absolute Gasteiger partial charge is 0.493 e. The summed E-state index contributed by atoms with van der Waals surface area (Å²) < 4.78 is 30.6. The lowest BCUT2D eigenvalue weighted by atomic mass is 10.1. The van der Waals surface area contributed by atoms with Crippen LogP contribution in [0.15, 0.2) is 36.4 Å². The molecule has 0 radical (unpaired) electrons. The molecular formula is C70H132N4O4+4. The first-order chi connectivity index (χ1) is 37.5. The highest BCUT2D eigenvalue weighted by Crippen LogP contribution is 2.29. The maximum atomic E-state index is 6.51. The molecule has 0 aliphatic carbocycles. The van der Waals surface area contributed by atoms with Crippen LogP contribution in [0.5, 0.6) is 23.0 Å². The predicted molar refractivity (Wildman–Crippen MR) is 342 cm³/mol. The van der Waals surface area contributed by atoms with Gasteiger partial charge in [0.25, 0.3) is 0 Å². The number of hydrogen-bond acceptors (Lipinski definition) is 4. The lowest BCUT2D eigenvalue weighted by molar-refractivity contribution is -0.890. The van der Waals surface area contributed by atoms with E-state index in [-0.39, 0.29) is 0 Å². The van der Waals surface area contributed by atoms with Crippen molar-refractivity contribution in [3.05, 3.63) is 47.5 Å². The highest BCUT2D eigenvalue weighted by molar-refractivity contribution is 5.72. The minimum Gasteiger partial charge on any atom is -0.493 e. The van der Waals surface area contributed by atoms with Crippen LogP contribution < -0.4 is 18.9 Å². The van der Waals surface area contributed by atoms with Gasteiger partial charge in [-0.3, -0.25) is 0 Å². The molecule has 0 aliphatic heterocycles. The Morgan fingerprint density at radius 3 is 0.615 bits per heavy atom. The number of nitrogens with zero attached hydrogens (tertiary/aromatic N) is 4. The molecule has 78 heavy (non-hydrogen) atoms. The van der Waals surface area contributed by atoms with Gasteiger partial charge in [-0.1, -0.05) is 91.2 Å². The summed E-state index contributed by atoms with van der Waals surface area (Å²) in [5.74, 6) is 3.56. The molecular weight excluding hydrogens is 961 g/mol. The Bertz CT molecular complexity index is 1520. The van der Waals surface area contributed by atoms with Gasteiger partial charge in [-0.15, -0.1) is 0 Å². The molecule has 0 heterocycles. The Morgan fingerprint density at radius 1 is 0.244 bits per heavy atom. The van der Waals surface area contributed by atoms with Crippen LogP contribution in [-0.2, 0) is 0 Å². The first kappa shape index (κ1) is 71.3. The first-order valence-corrected chi connectivity index (χ1v) is 33.3. The third-order valence-electron chi connectivity index (χ3n) is 16.4. The Balaban J connectivity index is 2.14. The molecule has 452 valence electrons. The third-order valence-corrected chi connectivity index (χ3v) is 16.4. The van der Waals surface area contributed by atoms with E-state index in [1.165, 1.54) is 232 Å². The highest BCUT2D eigenvalue weighted by atomic mass is 16.5. The van der Waals surface area contributed by atoms with E-state index in [0.29, 0.717) is 0 Å². The lowest BCUT2D eigenvalue weighted by Gasteiger charge is -2.30. The smallest absolute Gasteiger partial charge is 0.123 e. The van der Waals surface area contributed by atoms with E-state index in [0.717, 1.165) is 104 Å². The molecule has 2 rings (SSSR count). The van der Waals surface area contributed by atoms with Crippen molar-refractivity contribution in [2.45, 2.75) is 233 Å². The van der Waals surface area contributed by atoms with Crippen LogP contribution in [0.3, 0.4) is 0 Å². The Morgan fingerprint density at radius 2 is 0.423 bits per heavy atom. The molecule has 0 aliphatic rings. The second-order valence-electron chi connectivity index (χ2n) is 26.6. The van der Waals surface area contributed by atoms with Crippen LogP contribution in [0.4, 0.5) is 0 Å². The van der Waals surface area contributed by atoms with Gasteiger partial charge in [-0.05, 0) is 189 Å². The Labute approximate surface area is 485 Å². The Kier molecular flexibility index (Phi) is 40.1. The van der Waals surface area contributed by atoms with Crippen molar-refractivity contribution in [1.29, 1.82) is 0 Å². The van der Waals surface area contributed by atoms with Gasteiger partial charge in [0.2, 0.25) is 0 Å². The van der Waals surface area contributed by atoms with Crippen LogP contribution in [0.25, 0.3) is 12.2 Å². The molecule has 0 saturated heterocycles. The quantitative estimate of drug-likeness (QED) is 0.0376. The van der Waals surface area contributed by atoms with Crippen LogP contribution in [0.1, 0.15) is 244 Å². The second-order valence-corrected chi connectivity index (χ2v) is 26.6. The molecule has 0 unspecified atom stereocenters. The zero-order valence-corrected chi connectivity index (χ0v) is 54.2. The molecule has 0 N–H and O–H groups in total. The van der Waals surface area contributed by atoms with Gasteiger partial charge in [0, 0.05) is 12.1 Å². The minimum absolute atomic E-state index is 0.724. The van der Waals surface area contributed by atoms with E-state index in [1.54, 1.807) is 0 Å². The van der Waals surface area contributed by atoms with Gasteiger partial charge in [-0.2, -0.15) is 0 Å². The predicted octanol–water partition coefficient (Wildman–Crippen LogP) is 18.2. The van der Waals surface area contributed by atoms with Crippen molar-refractivity contribution in [1.82, 2.24) is 0 Å². The summed E-state index contributed by atoms with van der Waals surface area (Å²) in [6.45, 7) is 22.3. The molecule has 8 nitrogen and oxygen atoms in total. The SMILES string of the molecule is CCCCCC[N+](C)(C)CCCCCCOc1cc(/C=C/c2cc(OCCCCCC[N+](C)(C)CCCCCC)cc(OCCCCCC[N+](C)(C)CCCCCC)c2)cc(OCCCCCC[N+](C)(C)CCCCCC)c1. The second kappa shape index (κ2) is 43.9. The average molecular weight is 1090 g/mol. The summed E-state index contributed by atoms with van der Waals surface area (Å²) in [7, 11) is 19.3. The molecule has 0 saturated carbocycles. The molecule has 8 heteroatoms. The van der Waals surface area contributed by atoms with Crippen molar-refractivity contribution in [2.75, 3.05) is 135 Å². The number of benzene rings is 2. The molecule has 2 aromatic carbocycles. The van der Waals surface area contributed by atoms with Crippen molar-refractivity contribution < 1.29 is 36.9 Å². The van der Waals surface area contributed by atoms with Crippen LogP contribution in [-0.4, -0.2) is 153 Å². The van der Waals surface area contributed by atoms with Gasteiger partial charge in [0.1, 0.15) is 23.0 Å². The summed E-state index contributed by atoms with van der Waals surface area (Å²) in [4.78, 5) is 0. The number of unbranched alkanes of at least 4 members (excludes halogenated alkanes) is 24. The minimum atomic E-state index is 0.724. The topological polar surface area (TPSA) is 36.9 Å².